The van der Waals surface area contributed by atoms with E-state index in [9.17, 15) is 4.79 Å². The second-order valence-electron chi connectivity index (χ2n) is 6.81. The fraction of sp³-hybridized carbons (Fsp3) is 0.812. The molecule has 0 aliphatic carbocycles. The Morgan fingerprint density at radius 2 is 1.89 bits per heavy atom. The molecule has 3 heteroatoms. The lowest BCUT2D eigenvalue weighted by Gasteiger charge is -2.47. The molecule has 0 saturated carbocycles. The summed E-state index contributed by atoms with van der Waals surface area (Å²) in [4.78, 5) is 14.4. The van der Waals surface area contributed by atoms with Gasteiger partial charge in [0.2, 0.25) is 0 Å². The molecule has 2 heterocycles. The first-order valence-electron chi connectivity index (χ1n) is 7.60. The van der Waals surface area contributed by atoms with E-state index in [-0.39, 0.29) is 6.09 Å². The third-order valence-corrected chi connectivity index (χ3v) is 3.95. The molecule has 0 aromatic rings. The van der Waals surface area contributed by atoms with Gasteiger partial charge in [-0.15, -0.1) is 0 Å². The van der Waals surface area contributed by atoms with Gasteiger partial charge in [-0.2, -0.15) is 0 Å². The van der Waals surface area contributed by atoms with Crippen molar-refractivity contribution in [3.8, 4) is 0 Å². The first kappa shape index (κ1) is 14.4. The minimum absolute atomic E-state index is 0.113. The van der Waals surface area contributed by atoms with Crippen molar-refractivity contribution in [1.82, 2.24) is 4.90 Å². The van der Waals surface area contributed by atoms with Crippen LogP contribution in [0.25, 0.3) is 0 Å². The van der Waals surface area contributed by atoms with Gasteiger partial charge in [-0.25, -0.2) is 4.79 Å². The summed E-state index contributed by atoms with van der Waals surface area (Å²) < 4.78 is 5.58. The van der Waals surface area contributed by atoms with Crippen molar-refractivity contribution in [2.45, 2.75) is 83.9 Å². The molecule has 19 heavy (non-hydrogen) atoms. The van der Waals surface area contributed by atoms with Crippen molar-refractivity contribution >= 4 is 6.09 Å². The maximum Gasteiger partial charge on any atom is 0.410 e. The third kappa shape index (κ3) is 3.52. The highest BCUT2D eigenvalue weighted by Gasteiger charge is 2.40. The van der Waals surface area contributed by atoms with Crippen molar-refractivity contribution in [2.24, 2.45) is 0 Å². The normalized spacial score (nSPS) is 27.2. The molecule has 2 aliphatic rings. The smallest absolute Gasteiger partial charge is 0.410 e. The number of hydrogen-bond acceptors (Lipinski definition) is 2. The number of piperidine rings is 2. The van der Waals surface area contributed by atoms with E-state index in [1.807, 2.05) is 25.7 Å². The number of carbonyl (C=O) groups excluding carboxylic acids is 1. The average molecular weight is 265 g/mol. The average Bonchev–Trinajstić information content (AvgIpc) is 2.25. The van der Waals surface area contributed by atoms with Crippen molar-refractivity contribution < 1.29 is 9.53 Å². The predicted molar refractivity (Wildman–Crippen MR) is 77.1 cm³/mol. The van der Waals surface area contributed by atoms with Crippen LogP contribution in [0.4, 0.5) is 4.79 Å². The number of allylic oxidation sites excluding steroid dienone is 1. The van der Waals surface area contributed by atoms with Crippen molar-refractivity contribution in [1.29, 1.82) is 0 Å². The Morgan fingerprint density at radius 3 is 2.37 bits per heavy atom. The number of ether oxygens (including phenoxy) is 1. The maximum atomic E-state index is 12.4. The molecular formula is C16H27NO2. The summed E-state index contributed by atoms with van der Waals surface area (Å²) in [5.41, 5.74) is 1.14. The van der Waals surface area contributed by atoms with Gasteiger partial charge < -0.3 is 9.64 Å². The van der Waals surface area contributed by atoms with E-state index < -0.39 is 5.60 Å². The van der Waals surface area contributed by atoms with Crippen molar-refractivity contribution in [3.05, 3.63) is 11.6 Å². The van der Waals surface area contributed by atoms with Gasteiger partial charge in [-0.05, 0) is 59.3 Å². The van der Waals surface area contributed by atoms with Gasteiger partial charge in [0.1, 0.15) is 5.60 Å². The first-order chi connectivity index (χ1) is 8.90. The Morgan fingerprint density at radius 1 is 1.32 bits per heavy atom. The molecule has 2 saturated heterocycles. The highest BCUT2D eigenvalue weighted by atomic mass is 16.6. The molecule has 2 bridgehead atoms. The molecule has 0 radical (unpaired) electrons. The first-order valence-corrected chi connectivity index (χ1v) is 7.60. The van der Waals surface area contributed by atoms with E-state index in [4.69, 9.17) is 4.74 Å². The summed E-state index contributed by atoms with van der Waals surface area (Å²) in [7, 11) is 0. The number of hydrogen-bond donors (Lipinski definition) is 0. The Balaban J connectivity index is 2.10. The maximum absolute atomic E-state index is 12.4. The second-order valence-corrected chi connectivity index (χ2v) is 6.81. The summed E-state index contributed by atoms with van der Waals surface area (Å²) in [5, 5.41) is 0. The molecule has 108 valence electrons. The number of fused-ring (bicyclic) bond motifs is 2. The van der Waals surface area contributed by atoms with Crippen LogP contribution in [0.3, 0.4) is 0 Å². The van der Waals surface area contributed by atoms with E-state index in [0.717, 1.165) is 32.1 Å². The van der Waals surface area contributed by atoms with Crippen LogP contribution in [0.5, 0.6) is 0 Å². The second kappa shape index (κ2) is 5.56. The fourth-order valence-corrected chi connectivity index (χ4v) is 3.32. The standard InChI is InChI=1S/C16H27NO2/c1-5-7-12-10-13-8-6-9-14(11-12)17(13)15(18)19-16(2,3)4/h7,13-14H,5-6,8-11H2,1-4H3. The van der Waals surface area contributed by atoms with Gasteiger partial charge in [0.05, 0.1) is 0 Å². The van der Waals surface area contributed by atoms with E-state index in [2.05, 4.69) is 13.0 Å². The van der Waals surface area contributed by atoms with Gasteiger partial charge in [0, 0.05) is 12.1 Å². The lowest BCUT2D eigenvalue weighted by Crippen LogP contribution is -2.54. The van der Waals surface area contributed by atoms with Crippen LogP contribution in [-0.4, -0.2) is 28.7 Å². The van der Waals surface area contributed by atoms with Gasteiger partial charge in [-0.3, -0.25) is 0 Å². The molecule has 2 unspecified atom stereocenters. The number of nitrogens with zero attached hydrogens (tertiary/aromatic N) is 1. The Bertz CT molecular complexity index is 351. The molecule has 2 fully saturated rings. The molecule has 2 rings (SSSR count). The summed E-state index contributed by atoms with van der Waals surface area (Å²) in [6.07, 6.45) is 8.91. The largest absolute Gasteiger partial charge is 0.444 e. The molecule has 2 atom stereocenters. The van der Waals surface area contributed by atoms with E-state index in [1.54, 1.807) is 0 Å². The molecule has 0 N–H and O–H groups in total. The Hall–Kier alpha value is -0.990. The van der Waals surface area contributed by atoms with Crippen LogP contribution in [0.1, 0.15) is 66.2 Å². The minimum atomic E-state index is -0.398. The molecular weight excluding hydrogens is 238 g/mol. The third-order valence-electron chi connectivity index (χ3n) is 3.95. The SMILES string of the molecule is CCC=C1CC2CCCC(C1)N2C(=O)OC(C)(C)C. The predicted octanol–water partition coefficient (Wildman–Crippen LogP) is 4.27. The highest BCUT2D eigenvalue weighted by Crippen LogP contribution is 2.37. The van der Waals surface area contributed by atoms with Gasteiger partial charge in [0.25, 0.3) is 0 Å². The zero-order chi connectivity index (χ0) is 14.0. The number of amides is 1. The Labute approximate surface area is 117 Å². The minimum Gasteiger partial charge on any atom is -0.444 e. The van der Waals surface area contributed by atoms with E-state index >= 15 is 0 Å². The lowest BCUT2D eigenvalue weighted by molar-refractivity contribution is -0.0113. The van der Waals surface area contributed by atoms with Crippen molar-refractivity contribution in [3.63, 3.8) is 0 Å². The van der Waals surface area contributed by atoms with Crippen LogP contribution < -0.4 is 0 Å². The topological polar surface area (TPSA) is 29.5 Å². The van der Waals surface area contributed by atoms with Crippen LogP contribution in [0, 0.1) is 0 Å². The van der Waals surface area contributed by atoms with Crippen LogP contribution in [-0.2, 0) is 4.74 Å². The fourth-order valence-electron chi connectivity index (χ4n) is 3.32. The zero-order valence-corrected chi connectivity index (χ0v) is 12.7. The molecule has 2 aliphatic heterocycles. The van der Waals surface area contributed by atoms with E-state index in [0.29, 0.717) is 12.1 Å². The molecule has 0 aromatic carbocycles. The zero-order valence-electron chi connectivity index (χ0n) is 12.7. The Kier molecular flexibility index (Phi) is 4.22. The lowest BCUT2D eigenvalue weighted by atomic mass is 9.81. The molecule has 0 spiro atoms. The molecule has 0 aromatic heterocycles. The summed E-state index contributed by atoms with van der Waals surface area (Å²) in [6, 6.07) is 0.722. The van der Waals surface area contributed by atoms with Gasteiger partial charge in [0.15, 0.2) is 0 Å². The van der Waals surface area contributed by atoms with Gasteiger partial charge >= 0.3 is 6.09 Å². The quantitative estimate of drug-likeness (QED) is 0.662. The van der Waals surface area contributed by atoms with Crippen LogP contribution in [0.15, 0.2) is 11.6 Å². The summed E-state index contributed by atoms with van der Waals surface area (Å²) in [6.45, 7) is 8.00. The number of carbonyl (C=O) groups is 1. The highest BCUT2D eigenvalue weighted by molar-refractivity contribution is 5.69. The monoisotopic (exact) mass is 265 g/mol. The van der Waals surface area contributed by atoms with Gasteiger partial charge in [-0.1, -0.05) is 18.6 Å². The summed E-state index contributed by atoms with van der Waals surface area (Å²) in [5.74, 6) is 0. The number of rotatable bonds is 1. The summed E-state index contributed by atoms with van der Waals surface area (Å²) >= 11 is 0. The van der Waals surface area contributed by atoms with Crippen molar-refractivity contribution in [2.75, 3.05) is 0 Å². The molecule has 1 amide bonds. The van der Waals surface area contributed by atoms with E-state index in [1.165, 1.54) is 12.0 Å². The molecule has 3 nitrogen and oxygen atoms in total. The van der Waals surface area contributed by atoms with Crippen LogP contribution >= 0.6 is 0 Å². The van der Waals surface area contributed by atoms with Crippen LogP contribution in [0.2, 0.25) is 0 Å².